The van der Waals surface area contributed by atoms with Gasteiger partial charge in [-0.25, -0.2) is 4.39 Å². The molecule has 0 radical (unpaired) electrons. The molecule has 2 aromatic rings. The summed E-state index contributed by atoms with van der Waals surface area (Å²) in [5.74, 6) is -0.215. The van der Waals surface area contributed by atoms with E-state index in [1.807, 2.05) is 24.2 Å². The van der Waals surface area contributed by atoms with Gasteiger partial charge in [-0.05, 0) is 30.7 Å². The molecule has 0 spiro atoms. The van der Waals surface area contributed by atoms with Gasteiger partial charge in [0.2, 0.25) is 0 Å². The molecule has 1 aliphatic rings. The number of aromatic nitrogens is 2. The monoisotopic (exact) mass is 341 g/mol. The number of nitriles is 1. The summed E-state index contributed by atoms with van der Waals surface area (Å²) in [6, 6.07) is 8.43. The van der Waals surface area contributed by atoms with Gasteiger partial charge in [-0.15, -0.1) is 0 Å². The van der Waals surface area contributed by atoms with E-state index < -0.39 is 6.17 Å². The predicted molar refractivity (Wildman–Crippen MR) is 90.4 cm³/mol. The largest absolute Gasteiger partial charge is 0.350 e. The van der Waals surface area contributed by atoms with Crippen LogP contribution in [0.25, 0.3) is 0 Å². The molecule has 1 aliphatic heterocycles. The topological polar surface area (TPSA) is 73.9 Å². The van der Waals surface area contributed by atoms with Crippen LogP contribution in [0.15, 0.2) is 36.7 Å². The van der Waals surface area contributed by atoms with E-state index >= 15 is 0 Å². The Morgan fingerprint density at radius 2 is 2.20 bits per heavy atom. The molecule has 7 heteroatoms. The predicted octanol–water partition coefficient (Wildman–Crippen LogP) is 1.63. The van der Waals surface area contributed by atoms with Crippen LogP contribution in [0.5, 0.6) is 0 Å². The zero-order chi connectivity index (χ0) is 17.8. The van der Waals surface area contributed by atoms with E-state index in [0.717, 1.165) is 5.56 Å². The van der Waals surface area contributed by atoms with Gasteiger partial charge in [0.15, 0.2) is 0 Å². The van der Waals surface area contributed by atoms with Crippen LogP contribution in [-0.4, -0.2) is 45.9 Å². The summed E-state index contributed by atoms with van der Waals surface area (Å²) in [5, 5.41) is 15.8. The lowest BCUT2D eigenvalue weighted by atomic mass is 10.1. The summed E-state index contributed by atoms with van der Waals surface area (Å²) >= 11 is 0. The Bertz CT molecular complexity index is 780. The minimum absolute atomic E-state index is 0.0439. The molecule has 0 bridgehead atoms. The Labute approximate surface area is 145 Å². The van der Waals surface area contributed by atoms with Gasteiger partial charge in [0.1, 0.15) is 6.17 Å². The van der Waals surface area contributed by atoms with Gasteiger partial charge < -0.3 is 5.32 Å². The molecule has 0 aliphatic carbocycles. The highest BCUT2D eigenvalue weighted by molar-refractivity contribution is 5.94. The van der Waals surface area contributed by atoms with Crippen molar-refractivity contribution in [2.24, 2.45) is 7.05 Å². The van der Waals surface area contributed by atoms with Gasteiger partial charge in [-0.2, -0.15) is 10.4 Å². The maximum Gasteiger partial charge on any atom is 0.251 e. The summed E-state index contributed by atoms with van der Waals surface area (Å²) in [7, 11) is 1.85. The van der Waals surface area contributed by atoms with Crippen molar-refractivity contribution in [3.63, 3.8) is 0 Å². The highest BCUT2D eigenvalue weighted by Crippen LogP contribution is 2.22. The van der Waals surface area contributed by atoms with Gasteiger partial charge in [-0.1, -0.05) is 0 Å². The van der Waals surface area contributed by atoms with Crippen LogP contribution in [0.3, 0.4) is 0 Å². The third kappa shape index (κ3) is 4.22. The van der Waals surface area contributed by atoms with E-state index in [9.17, 15) is 9.18 Å². The number of nitrogens with zero attached hydrogens (tertiary/aromatic N) is 4. The Morgan fingerprint density at radius 1 is 1.44 bits per heavy atom. The first kappa shape index (κ1) is 17.1. The fourth-order valence-electron chi connectivity index (χ4n) is 3.13. The molecule has 6 nitrogen and oxygen atoms in total. The van der Waals surface area contributed by atoms with Crippen molar-refractivity contribution in [3.05, 3.63) is 53.3 Å². The van der Waals surface area contributed by atoms with Gasteiger partial charge in [0, 0.05) is 50.0 Å². The zero-order valence-electron chi connectivity index (χ0n) is 14.0. The molecule has 0 saturated carbocycles. The van der Waals surface area contributed by atoms with Crippen LogP contribution >= 0.6 is 0 Å². The van der Waals surface area contributed by atoms with Gasteiger partial charge in [0.25, 0.3) is 5.91 Å². The number of likely N-dealkylation sites (tertiary alicyclic amines) is 1. The van der Waals surface area contributed by atoms with Crippen LogP contribution in [0.2, 0.25) is 0 Å². The second-order valence-corrected chi connectivity index (χ2v) is 6.34. The molecule has 3 rings (SSSR count). The average Bonchev–Trinajstić information content (AvgIpc) is 3.18. The number of nitrogens with one attached hydrogen (secondary N) is 1. The van der Waals surface area contributed by atoms with E-state index in [4.69, 9.17) is 5.26 Å². The van der Waals surface area contributed by atoms with Crippen LogP contribution in [0.1, 0.15) is 27.9 Å². The molecule has 1 N–H and O–H groups in total. The van der Waals surface area contributed by atoms with Crippen LogP contribution in [0, 0.1) is 11.3 Å². The average molecular weight is 341 g/mol. The minimum Gasteiger partial charge on any atom is -0.350 e. The number of hydrogen-bond acceptors (Lipinski definition) is 4. The molecule has 2 atom stereocenters. The number of benzene rings is 1. The zero-order valence-corrected chi connectivity index (χ0v) is 14.0. The molecule has 2 heterocycles. The highest BCUT2D eigenvalue weighted by Gasteiger charge is 2.32. The van der Waals surface area contributed by atoms with E-state index in [1.165, 1.54) is 0 Å². The van der Waals surface area contributed by atoms with Crippen LogP contribution in [-0.2, 0) is 13.6 Å². The molecular formula is C18H20FN5O. The lowest BCUT2D eigenvalue weighted by Gasteiger charge is -2.23. The molecule has 0 unspecified atom stereocenters. The van der Waals surface area contributed by atoms with Crippen molar-refractivity contribution < 1.29 is 9.18 Å². The summed E-state index contributed by atoms with van der Waals surface area (Å²) in [4.78, 5) is 14.3. The van der Waals surface area contributed by atoms with E-state index in [-0.39, 0.29) is 11.9 Å². The summed E-state index contributed by atoms with van der Waals surface area (Å²) < 4.78 is 15.6. The number of carbonyl (C=O) groups is 1. The van der Waals surface area contributed by atoms with Crippen molar-refractivity contribution >= 4 is 5.91 Å². The lowest BCUT2D eigenvalue weighted by Crippen LogP contribution is -2.39. The molecule has 1 amide bonds. The molecule has 1 saturated heterocycles. The van der Waals surface area contributed by atoms with Crippen molar-refractivity contribution in [3.8, 4) is 6.07 Å². The summed E-state index contributed by atoms with van der Waals surface area (Å²) in [6.45, 7) is 1.37. The van der Waals surface area contributed by atoms with E-state index in [2.05, 4.69) is 10.4 Å². The lowest BCUT2D eigenvalue weighted by molar-refractivity contribution is 0.0940. The van der Waals surface area contributed by atoms with Gasteiger partial charge in [-0.3, -0.25) is 14.4 Å². The molecule has 1 fully saturated rings. The molecule has 130 valence electrons. The van der Waals surface area contributed by atoms with Crippen molar-refractivity contribution in [2.75, 3.05) is 13.1 Å². The third-order valence-electron chi connectivity index (χ3n) is 4.40. The first-order chi connectivity index (χ1) is 12.0. The Balaban J connectivity index is 1.58. The Morgan fingerprint density at radius 3 is 2.84 bits per heavy atom. The maximum absolute atomic E-state index is 13.9. The maximum atomic E-state index is 13.9. The Kier molecular flexibility index (Phi) is 5.10. The normalized spacial score (nSPS) is 20.4. The fourth-order valence-corrected chi connectivity index (χ4v) is 3.13. The molecule has 25 heavy (non-hydrogen) atoms. The minimum atomic E-state index is -0.881. The van der Waals surface area contributed by atoms with Crippen LogP contribution < -0.4 is 5.32 Å². The molecular weight excluding hydrogens is 321 g/mol. The van der Waals surface area contributed by atoms with Crippen molar-refractivity contribution in [2.45, 2.75) is 25.2 Å². The summed E-state index contributed by atoms with van der Waals surface area (Å²) in [5.41, 5.74) is 2.03. The van der Waals surface area contributed by atoms with Gasteiger partial charge in [0.05, 0.1) is 17.8 Å². The fraction of sp³-hybridized carbons (Fsp3) is 0.389. The summed E-state index contributed by atoms with van der Waals surface area (Å²) in [6.07, 6.45) is 3.22. The number of carbonyl (C=O) groups excluding carboxylic acids is 1. The number of rotatable bonds is 5. The number of halogens is 1. The number of aryl methyl sites for hydroxylation is 1. The molecule has 1 aromatic carbocycles. The second kappa shape index (κ2) is 7.45. The van der Waals surface area contributed by atoms with E-state index in [1.54, 1.807) is 35.1 Å². The first-order valence-electron chi connectivity index (χ1n) is 8.19. The highest BCUT2D eigenvalue weighted by atomic mass is 19.1. The SMILES string of the molecule is Cn1cc(CN2C[C@@H](F)C[C@H]2CNC(=O)c2ccc(C#N)cc2)cn1. The smallest absolute Gasteiger partial charge is 0.251 e. The Hall–Kier alpha value is -2.72. The number of alkyl halides is 1. The van der Waals surface area contributed by atoms with Crippen LogP contribution in [0.4, 0.5) is 4.39 Å². The number of amides is 1. The van der Waals surface area contributed by atoms with E-state index in [0.29, 0.717) is 37.2 Å². The first-order valence-corrected chi connectivity index (χ1v) is 8.19. The quantitative estimate of drug-likeness (QED) is 0.897. The third-order valence-corrected chi connectivity index (χ3v) is 4.40. The standard InChI is InChI=1S/C18H20FN5O/c1-23-10-14(8-22-23)11-24-12-16(19)6-17(24)9-21-18(25)15-4-2-13(7-20)3-5-15/h2-5,8,10,16-17H,6,9,11-12H2,1H3,(H,21,25)/t16-,17-/m0/s1. The van der Waals surface area contributed by atoms with Gasteiger partial charge >= 0.3 is 0 Å². The second-order valence-electron chi connectivity index (χ2n) is 6.34. The van der Waals surface area contributed by atoms with Crippen molar-refractivity contribution in [1.82, 2.24) is 20.0 Å². The molecule has 1 aromatic heterocycles. The number of hydrogen-bond donors (Lipinski definition) is 1. The van der Waals surface area contributed by atoms with Crippen molar-refractivity contribution in [1.29, 1.82) is 5.26 Å².